The average molecular weight is 383 g/mol. The second-order valence-electron chi connectivity index (χ2n) is 6.79. The molecule has 0 radical (unpaired) electrons. The predicted octanol–water partition coefficient (Wildman–Crippen LogP) is 5.08. The van der Waals surface area contributed by atoms with Crippen LogP contribution in [-0.2, 0) is 4.74 Å². The second kappa shape index (κ2) is 8.12. The van der Waals surface area contributed by atoms with Crippen LogP contribution < -0.4 is 9.64 Å². The SMILES string of the molecule is C#CCN(C(=O)OCC1c2ccccc2-c2ccccc21)c1ccc(OC)cc1. The molecule has 4 rings (SSSR count). The van der Waals surface area contributed by atoms with Gasteiger partial charge < -0.3 is 9.47 Å². The molecule has 0 aliphatic heterocycles. The Kier molecular flexibility index (Phi) is 5.22. The Labute approximate surface area is 170 Å². The molecule has 0 saturated carbocycles. The zero-order valence-electron chi connectivity index (χ0n) is 16.2. The minimum Gasteiger partial charge on any atom is -0.497 e. The van der Waals surface area contributed by atoms with Crippen LogP contribution in [0, 0.1) is 12.3 Å². The fourth-order valence-corrected chi connectivity index (χ4v) is 3.79. The summed E-state index contributed by atoms with van der Waals surface area (Å²) in [6, 6.07) is 23.6. The maximum atomic E-state index is 12.8. The van der Waals surface area contributed by atoms with Crippen LogP contribution >= 0.6 is 0 Å². The van der Waals surface area contributed by atoms with Gasteiger partial charge in [0.25, 0.3) is 0 Å². The first-order chi connectivity index (χ1) is 14.2. The van der Waals surface area contributed by atoms with E-state index in [1.165, 1.54) is 27.2 Å². The average Bonchev–Trinajstić information content (AvgIpc) is 3.10. The lowest BCUT2D eigenvalue weighted by atomic mass is 9.98. The molecule has 0 unspecified atom stereocenters. The molecule has 1 aliphatic carbocycles. The van der Waals surface area contributed by atoms with Crippen molar-refractivity contribution in [3.8, 4) is 29.2 Å². The van der Waals surface area contributed by atoms with E-state index < -0.39 is 6.09 Å². The number of carbonyl (C=O) groups is 1. The van der Waals surface area contributed by atoms with E-state index in [1.54, 1.807) is 31.4 Å². The molecule has 0 saturated heterocycles. The monoisotopic (exact) mass is 383 g/mol. The molecule has 0 heterocycles. The first-order valence-corrected chi connectivity index (χ1v) is 9.43. The molecule has 29 heavy (non-hydrogen) atoms. The minimum atomic E-state index is -0.463. The van der Waals surface area contributed by atoms with Crippen LogP contribution in [0.25, 0.3) is 11.1 Å². The molecule has 144 valence electrons. The van der Waals surface area contributed by atoms with Crippen molar-refractivity contribution in [1.29, 1.82) is 0 Å². The largest absolute Gasteiger partial charge is 0.497 e. The molecular weight excluding hydrogens is 362 g/mol. The van der Waals surface area contributed by atoms with E-state index in [-0.39, 0.29) is 19.1 Å². The van der Waals surface area contributed by atoms with Crippen LogP contribution in [0.3, 0.4) is 0 Å². The van der Waals surface area contributed by atoms with Crippen LogP contribution in [0.2, 0.25) is 0 Å². The summed E-state index contributed by atoms with van der Waals surface area (Å²) in [6.45, 7) is 0.382. The number of hydrogen-bond donors (Lipinski definition) is 0. The van der Waals surface area contributed by atoms with Crippen molar-refractivity contribution in [3.63, 3.8) is 0 Å². The topological polar surface area (TPSA) is 38.8 Å². The number of nitrogens with zero attached hydrogens (tertiary/aromatic N) is 1. The predicted molar refractivity (Wildman–Crippen MR) is 114 cm³/mol. The summed E-state index contributed by atoms with van der Waals surface area (Å²) in [4.78, 5) is 14.3. The molecule has 3 aromatic carbocycles. The van der Waals surface area contributed by atoms with Crippen LogP contribution in [0.5, 0.6) is 5.75 Å². The van der Waals surface area contributed by atoms with E-state index in [0.29, 0.717) is 11.4 Å². The maximum Gasteiger partial charge on any atom is 0.415 e. The van der Waals surface area contributed by atoms with Crippen molar-refractivity contribution in [2.24, 2.45) is 0 Å². The second-order valence-corrected chi connectivity index (χ2v) is 6.79. The minimum absolute atomic E-state index is 0.00917. The molecule has 0 aromatic heterocycles. The molecule has 1 aliphatic rings. The van der Waals surface area contributed by atoms with Gasteiger partial charge in [-0.3, -0.25) is 4.90 Å². The number of amides is 1. The van der Waals surface area contributed by atoms with E-state index in [1.807, 2.05) is 24.3 Å². The Bertz CT molecular complexity index is 1020. The van der Waals surface area contributed by atoms with Gasteiger partial charge in [0.2, 0.25) is 0 Å². The number of methoxy groups -OCH3 is 1. The Balaban J connectivity index is 1.54. The van der Waals surface area contributed by atoms with Gasteiger partial charge in [0.05, 0.1) is 13.7 Å². The summed E-state index contributed by atoms with van der Waals surface area (Å²) in [5, 5.41) is 0. The van der Waals surface area contributed by atoms with Crippen molar-refractivity contribution in [2.45, 2.75) is 5.92 Å². The highest BCUT2D eigenvalue weighted by atomic mass is 16.6. The fraction of sp³-hybridized carbons (Fsp3) is 0.160. The van der Waals surface area contributed by atoms with E-state index in [2.05, 4.69) is 30.2 Å². The Morgan fingerprint density at radius 2 is 1.55 bits per heavy atom. The first kappa shape index (κ1) is 18.6. The smallest absolute Gasteiger partial charge is 0.415 e. The maximum absolute atomic E-state index is 12.8. The number of carbonyl (C=O) groups excluding carboxylic acids is 1. The van der Waals surface area contributed by atoms with Crippen molar-refractivity contribution < 1.29 is 14.3 Å². The quantitative estimate of drug-likeness (QED) is 0.577. The van der Waals surface area contributed by atoms with Crippen LogP contribution in [-0.4, -0.2) is 26.4 Å². The van der Waals surface area contributed by atoms with E-state index in [4.69, 9.17) is 15.9 Å². The summed E-state index contributed by atoms with van der Waals surface area (Å²) < 4.78 is 10.9. The molecule has 4 heteroatoms. The van der Waals surface area contributed by atoms with Crippen molar-refractivity contribution in [1.82, 2.24) is 0 Å². The number of rotatable bonds is 5. The summed E-state index contributed by atoms with van der Waals surface area (Å²) in [6.07, 6.45) is 5.02. The van der Waals surface area contributed by atoms with Gasteiger partial charge in [-0.1, -0.05) is 54.5 Å². The first-order valence-electron chi connectivity index (χ1n) is 9.43. The number of terminal acetylenes is 1. The van der Waals surface area contributed by atoms with Crippen molar-refractivity contribution >= 4 is 11.8 Å². The number of fused-ring (bicyclic) bond motifs is 3. The molecule has 0 atom stereocenters. The fourth-order valence-electron chi connectivity index (χ4n) is 3.79. The highest BCUT2D eigenvalue weighted by Gasteiger charge is 2.29. The lowest BCUT2D eigenvalue weighted by Gasteiger charge is -2.22. The number of anilines is 1. The number of ether oxygens (including phenoxy) is 2. The van der Waals surface area contributed by atoms with Crippen LogP contribution in [0.4, 0.5) is 10.5 Å². The van der Waals surface area contributed by atoms with Gasteiger partial charge in [0, 0.05) is 11.6 Å². The number of hydrogen-bond acceptors (Lipinski definition) is 3. The number of benzene rings is 3. The summed E-state index contributed by atoms with van der Waals surface area (Å²) >= 11 is 0. The third kappa shape index (κ3) is 3.55. The highest BCUT2D eigenvalue weighted by Crippen LogP contribution is 2.44. The molecule has 1 amide bonds. The summed E-state index contributed by atoms with van der Waals surface area (Å²) in [7, 11) is 1.60. The molecule has 3 aromatic rings. The zero-order chi connectivity index (χ0) is 20.2. The van der Waals surface area contributed by atoms with E-state index in [0.717, 1.165) is 0 Å². The Morgan fingerprint density at radius 1 is 0.966 bits per heavy atom. The molecule has 4 nitrogen and oxygen atoms in total. The van der Waals surface area contributed by atoms with Crippen molar-refractivity contribution in [3.05, 3.63) is 83.9 Å². The molecule has 0 bridgehead atoms. The highest BCUT2D eigenvalue weighted by molar-refractivity contribution is 5.88. The van der Waals surface area contributed by atoms with E-state index >= 15 is 0 Å². The van der Waals surface area contributed by atoms with Crippen LogP contribution in [0.1, 0.15) is 17.0 Å². The molecular formula is C25H21NO3. The third-order valence-electron chi connectivity index (χ3n) is 5.19. The molecule has 0 N–H and O–H groups in total. The normalized spacial score (nSPS) is 11.9. The van der Waals surface area contributed by atoms with Gasteiger partial charge in [0.15, 0.2) is 0 Å². The van der Waals surface area contributed by atoms with Gasteiger partial charge in [-0.25, -0.2) is 4.79 Å². The third-order valence-corrected chi connectivity index (χ3v) is 5.19. The van der Waals surface area contributed by atoms with Gasteiger partial charge in [0.1, 0.15) is 12.4 Å². The van der Waals surface area contributed by atoms with Gasteiger partial charge >= 0.3 is 6.09 Å². The van der Waals surface area contributed by atoms with Gasteiger partial charge in [-0.15, -0.1) is 6.42 Å². The van der Waals surface area contributed by atoms with Gasteiger partial charge in [-0.05, 0) is 46.5 Å². The Hall–Kier alpha value is -3.71. The summed E-state index contributed by atoms with van der Waals surface area (Å²) in [5.74, 6) is 3.25. The van der Waals surface area contributed by atoms with Crippen molar-refractivity contribution in [2.75, 3.05) is 25.2 Å². The molecule has 0 fully saturated rings. The standard InChI is InChI=1S/C25H21NO3/c1-3-16-26(18-12-14-19(28-2)15-13-18)25(27)29-17-24-22-10-6-4-8-20(22)21-9-5-7-11-23(21)24/h1,4-15,24H,16-17H2,2H3. The van der Waals surface area contributed by atoms with E-state index in [9.17, 15) is 4.79 Å². The molecule has 0 spiro atoms. The Morgan fingerprint density at radius 3 is 2.10 bits per heavy atom. The lowest BCUT2D eigenvalue weighted by Crippen LogP contribution is -2.32. The summed E-state index contributed by atoms with van der Waals surface area (Å²) in [5.41, 5.74) is 5.41. The van der Waals surface area contributed by atoms with Crippen LogP contribution in [0.15, 0.2) is 72.8 Å². The lowest BCUT2D eigenvalue weighted by molar-refractivity contribution is 0.151. The van der Waals surface area contributed by atoms with Gasteiger partial charge in [-0.2, -0.15) is 0 Å². The zero-order valence-corrected chi connectivity index (χ0v) is 16.2.